The lowest BCUT2D eigenvalue weighted by molar-refractivity contribution is 0.102. The number of rotatable bonds is 5. The smallest absolute Gasteiger partial charge is 0.264 e. The number of anilines is 2. The molecule has 1 fully saturated rings. The van der Waals surface area contributed by atoms with Crippen molar-refractivity contribution in [2.24, 2.45) is 0 Å². The summed E-state index contributed by atoms with van der Waals surface area (Å²) in [5.41, 5.74) is 2.80. The Labute approximate surface area is 188 Å². The average molecular weight is 449 g/mol. The van der Waals surface area contributed by atoms with Gasteiger partial charge in [-0.25, -0.2) is 13.8 Å². The number of nitrogens with one attached hydrogen (secondary N) is 2. The number of alkyl halides is 2. The number of hydrogen-bond acceptors (Lipinski definition) is 5. The van der Waals surface area contributed by atoms with Crippen molar-refractivity contribution in [2.75, 3.05) is 36.5 Å². The number of hydrogen-bond donors (Lipinski definition) is 2. The molecule has 3 heterocycles. The second-order valence-electron chi connectivity index (χ2n) is 7.65. The molecule has 2 N–H and O–H groups in total. The third-order valence-corrected chi connectivity index (χ3v) is 5.58. The number of amides is 1. The van der Waals surface area contributed by atoms with Crippen LogP contribution in [0.15, 0.2) is 60.9 Å². The van der Waals surface area contributed by atoms with Crippen LogP contribution < -0.4 is 10.2 Å². The van der Waals surface area contributed by atoms with E-state index in [0.717, 1.165) is 5.69 Å². The van der Waals surface area contributed by atoms with Crippen molar-refractivity contribution in [3.63, 3.8) is 0 Å². The number of para-hydroxylation sites is 1. The fraction of sp³-hybridized carbons (Fsp3) is 0.208. The summed E-state index contributed by atoms with van der Waals surface area (Å²) in [5, 5.41) is 2.78. The predicted octanol–water partition coefficient (Wildman–Crippen LogP) is 4.65. The molecule has 1 aliphatic heterocycles. The van der Waals surface area contributed by atoms with E-state index in [2.05, 4.69) is 20.3 Å². The van der Waals surface area contributed by atoms with Gasteiger partial charge in [-0.2, -0.15) is 0 Å². The Bertz CT molecular complexity index is 1290. The minimum absolute atomic E-state index is 0.112. The van der Waals surface area contributed by atoms with Gasteiger partial charge in [-0.1, -0.05) is 6.07 Å². The zero-order valence-electron chi connectivity index (χ0n) is 17.6. The van der Waals surface area contributed by atoms with Gasteiger partial charge in [0.1, 0.15) is 11.3 Å². The summed E-state index contributed by atoms with van der Waals surface area (Å²) in [6.07, 6.45) is 0.475. The molecule has 9 heteroatoms. The van der Waals surface area contributed by atoms with Gasteiger partial charge >= 0.3 is 0 Å². The summed E-state index contributed by atoms with van der Waals surface area (Å²) >= 11 is 0. The molecule has 168 valence electrons. The highest BCUT2D eigenvalue weighted by Crippen LogP contribution is 2.34. The molecule has 0 unspecified atom stereocenters. The number of pyridine rings is 1. The first-order valence-electron chi connectivity index (χ1n) is 10.6. The van der Waals surface area contributed by atoms with E-state index in [-0.39, 0.29) is 17.3 Å². The van der Waals surface area contributed by atoms with Crippen molar-refractivity contribution in [1.82, 2.24) is 15.0 Å². The summed E-state index contributed by atoms with van der Waals surface area (Å²) < 4.78 is 33.4. The molecule has 1 amide bonds. The number of morpholine rings is 1. The number of imidazole rings is 1. The zero-order valence-corrected chi connectivity index (χ0v) is 17.6. The topological polar surface area (TPSA) is 83.1 Å². The largest absolute Gasteiger partial charge is 0.378 e. The summed E-state index contributed by atoms with van der Waals surface area (Å²) in [6.45, 7) is 2.45. The van der Waals surface area contributed by atoms with Crippen molar-refractivity contribution in [3.8, 4) is 11.4 Å². The standard InChI is InChI=1S/C24H21F2N5O2/c25-22(26)19-13-16(31-9-11-33-12-10-31)6-7-17(19)23-29-20-5-1-4-18(21(20)30-23)24(32)28-15-3-2-8-27-14-15/h1-8,13-14,22H,9-12H2,(H,28,32)(H,29,30). The predicted molar refractivity (Wildman–Crippen MR) is 122 cm³/mol. The first kappa shape index (κ1) is 21.0. The van der Waals surface area contributed by atoms with Crippen LogP contribution in [0, 0.1) is 0 Å². The van der Waals surface area contributed by atoms with Gasteiger partial charge < -0.3 is 19.9 Å². The Kier molecular flexibility index (Phi) is 5.70. The van der Waals surface area contributed by atoms with Crippen molar-refractivity contribution < 1.29 is 18.3 Å². The molecule has 0 radical (unpaired) electrons. The van der Waals surface area contributed by atoms with Crippen LogP contribution in [0.4, 0.5) is 20.2 Å². The monoisotopic (exact) mass is 449 g/mol. The Morgan fingerprint density at radius 1 is 1.12 bits per heavy atom. The van der Waals surface area contributed by atoms with Gasteiger partial charge in [-0.15, -0.1) is 0 Å². The number of carbonyl (C=O) groups excluding carboxylic acids is 1. The SMILES string of the molecule is O=C(Nc1cccnc1)c1cccc2[nH]c(-c3ccc(N4CCOCC4)cc3C(F)F)nc12. The van der Waals surface area contributed by atoms with E-state index in [1.165, 1.54) is 6.07 Å². The second-order valence-corrected chi connectivity index (χ2v) is 7.65. The molecule has 0 saturated carbocycles. The van der Waals surface area contributed by atoms with Crippen LogP contribution in [0.2, 0.25) is 0 Å². The molecule has 0 atom stereocenters. The van der Waals surface area contributed by atoms with Crippen LogP contribution in [0.5, 0.6) is 0 Å². The quantitative estimate of drug-likeness (QED) is 0.463. The molecule has 33 heavy (non-hydrogen) atoms. The third kappa shape index (κ3) is 4.27. The van der Waals surface area contributed by atoms with Crippen LogP contribution in [0.25, 0.3) is 22.4 Å². The van der Waals surface area contributed by atoms with Gasteiger partial charge in [0.15, 0.2) is 0 Å². The normalized spacial score (nSPS) is 14.1. The first-order valence-corrected chi connectivity index (χ1v) is 10.6. The van der Waals surface area contributed by atoms with E-state index >= 15 is 0 Å². The molecule has 2 aromatic heterocycles. The van der Waals surface area contributed by atoms with Gasteiger partial charge in [0, 0.05) is 36.1 Å². The summed E-state index contributed by atoms with van der Waals surface area (Å²) in [7, 11) is 0. The summed E-state index contributed by atoms with van der Waals surface area (Å²) in [5.74, 6) is -0.0705. The maximum Gasteiger partial charge on any atom is 0.264 e. The molecule has 0 bridgehead atoms. The number of carbonyl (C=O) groups is 1. The summed E-state index contributed by atoms with van der Waals surface area (Å²) in [4.78, 5) is 26.5. The van der Waals surface area contributed by atoms with Crippen molar-refractivity contribution in [2.45, 2.75) is 6.43 Å². The van der Waals surface area contributed by atoms with Gasteiger partial charge in [0.2, 0.25) is 0 Å². The highest BCUT2D eigenvalue weighted by molar-refractivity contribution is 6.11. The lowest BCUT2D eigenvalue weighted by atomic mass is 10.1. The lowest BCUT2D eigenvalue weighted by Crippen LogP contribution is -2.36. The number of benzene rings is 2. The minimum atomic E-state index is -2.68. The molecular formula is C24H21F2N5O2. The molecule has 5 rings (SSSR count). The van der Waals surface area contributed by atoms with E-state index in [0.29, 0.717) is 54.2 Å². The Balaban J connectivity index is 1.51. The van der Waals surface area contributed by atoms with E-state index in [9.17, 15) is 13.6 Å². The fourth-order valence-electron chi connectivity index (χ4n) is 3.94. The van der Waals surface area contributed by atoms with Gasteiger partial charge in [0.05, 0.1) is 36.2 Å². The fourth-order valence-corrected chi connectivity index (χ4v) is 3.94. The van der Waals surface area contributed by atoms with Crippen LogP contribution in [-0.2, 0) is 4.74 Å². The zero-order chi connectivity index (χ0) is 22.8. The van der Waals surface area contributed by atoms with Crippen molar-refractivity contribution >= 4 is 28.3 Å². The molecule has 1 aliphatic rings. The maximum atomic E-state index is 14.0. The minimum Gasteiger partial charge on any atom is -0.378 e. The van der Waals surface area contributed by atoms with Crippen LogP contribution >= 0.6 is 0 Å². The van der Waals surface area contributed by atoms with Crippen LogP contribution in [-0.4, -0.2) is 47.2 Å². The third-order valence-electron chi connectivity index (χ3n) is 5.58. The number of aromatic amines is 1. The Morgan fingerprint density at radius 3 is 2.73 bits per heavy atom. The molecule has 1 saturated heterocycles. The molecule has 2 aromatic carbocycles. The van der Waals surface area contributed by atoms with Gasteiger partial charge in [0.25, 0.3) is 12.3 Å². The highest BCUT2D eigenvalue weighted by atomic mass is 19.3. The Morgan fingerprint density at radius 2 is 1.97 bits per heavy atom. The number of fused-ring (bicyclic) bond motifs is 1. The number of halogens is 2. The van der Waals surface area contributed by atoms with E-state index in [1.54, 1.807) is 48.8 Å². The second kappa shape index (κ2) is 8.95. The number of H-pyrrole nitrogens is 1. The molecule has 0 spiro atoms. The lowest BCUT2D eigenvalue weighted by Gasteiger charge is -2.29. The number of aromatic nitrogens is 3. The summed E-state index contributed by atoms with van der Waals surface area (Å²) in [6, 6.07) is 13.5. The number of ether oxygens (including phenoxy) is 1. The highest BCUT2D eigenvalue weighted by Gasteiger charge is 2.21. The van der Waals surface area contributed by atoms with Gasteiger partial charge in [-0.3, -0.25) is 9.78 Å². The Hall–Kier alpha value is -3.85. The van der Waals surface area contributed by atoms with Crippen LogP contribution in [0.3, 0.4) is 0 Å². The van der Waals surface area contributed by atoms with Crippen molar-refractivity contribution in [3.05, 3.63) is 72.1 Å². The van der Waals surface area contributed by atoms with Crippen molar-refractivity contribution in [1.29, 1.82) is 0 Å². The number of nitrogens with zero attached hydrogens (tertiary/aromatic N) is 3. The average Bonchev–Trinajstić information content (AvgIpc) is 3.29. The first-order chi connectivity index (χ1) is 16.1. The van der Waals surface area contributed by atoms with E-state index in [4.69, 9.17) is 4.74 Å². The van der Waals surface area contributed by atoms with E-state index in [1.807, 2.05) is 11.0 Å². The molecule has 4 aromatic rings. The van der Waals surface area contributed by atoms with E-state index < -0.39 is 6.43 Å². The van der Waals surface area contributed by atoms with Crippen LogP contribution in [0.1, 0.15) is 22.3 Å². The van der Waals surface area contributed by atoms with Gasteiger partial charge in [-0.05, 0) is 42.5 Å². The molecule has 0 aliphatic carbocycles. The molecular weight excluding hydrogens is 428 g/mol. The maximum absolute atomic E-state index is 14.0. The molecule has 7 nitrogen and oxygen atoms in total.